The van der Waals surface area contributed by atoms with Crippen molar-refractivity contribution in [1.29, 1.82) is 0 Å². The zero-order chi connectivity index (χ0) is 13.0. The van der Waals surface area contributed by atoms with Crippen LogP contribution < -0.4 is 0 Å². The molecule has 2 N–H and O–H groups in total. The molecule has 0 amide bonds. The molecule has 2 rings (SSSR count). The third kappa shape index (κ3) is 2.70. The minimum atomic E-state index is -1.19. The molecule has 0 aliphatic rings. The number of pyridine rings is 1. The first-order valence-electron chi connectivity index (χ1n) is 5.17. The van der Waals surface area contributed by atoms with Gasteiger partial charge in [-0.05, 0) is 24.3 Å². The molecular formula is C13H10N2O3. The number of carboxylic acids is 1. The first kappa shape index (κ1) is 11.8. The molecule has 5 heteroatoms. The van der Waals surface area contributed by atoms with Gasteiger partial charge >= 0.3 is 5.97 Å². The SMILES string of the molecule is O=C(O)c1cc(N=Cc2cccnc2)ccc1O. The first-order valence-corrected chi connectivity index (χ1v) is 5.17. The average Bonchev–Trinajstić information content (AvgIpc) is 2.38. The molecule has 18 heavy (non-hydrogen) atoms. The normalized spacial score (nSPS) is 10.7. The fourth-order valence-corrected chi connectivity index (χ4v) is 1.38. The minimum absolute atomic E-state index is 0.171. The first-order chi connectivity index (χ1) is 8.66. The molecule has 0 saturated carbocycles. The highest BCUT2D eigenvalue weighted by molar-refractivity contribution is 5.92. The number of aromatic hydroxyl groups is 1. The van der Waals surface area contributed by atoms with Gasteiger partial charge in [0.25, 0.3) is 0 Å². The molecule has 0 unspecified atom stereocenters. The lowest BCUT2D eigenvalue weighted by molar-refractivity contribution is 0.0694. The Labute approximate surface area is 103 Å². The molecule has 0 bridgehead atoms. The van der Waals surface area contributed by atoms with E-state index < -0.39 is 5.97 Å². The molecule has 1 heterocycles. The summed E-state index contributed by atoms with van der Waals surface area (Å²) in [4.78, 5) is 18.9. The zero-order valence-corrected chi connectivity index (χ0v) is 9.32. The van der Waals surface area contributed by atoms with E-state index in [0.717, 1.165) is 5.56 Å². The third-order valence-electron chi connectivity index (χ3n) is 2.26. The van der Waals surface area contributed by atoms with Gasteiger partial charge in [0.1, 0.15) is 11.3 Å². The second kappa shape index (κ2) is 5.09. The highest BCUT2D eigenvalue weighted by Gasteiger charge is 2.09. The second-order valence-corrected chi connectivity index (χ2v) is 3.55. The number of carboxylic acid groups (broad SMARTS) is 1. The molecule has 0 aliphatic heterocycles. The monoisotopic (exact) mass is 242 g/mol. The van der Waals surface area contributed by atoms with Crippen molar-refractivity contribution in [2.75, 3.05) is 0 Å². The quantitative estimate of drug-likeness (QED) is 0.808. The number of aromatic carboxylic acids is 1. The summed E-state index contributed by atoms with van der Waals surface area (Å²) < 4.78 is 0. The van der Waals surface area contributed by atoms with Crippen LogP contribution in [0.25, 0.3) is 0 Å². The molecule has 0 fully saturated rings. The van der Waals surface area contributed by atoms with Gasteiger partial charge in [0.2, 0.25) is 0 Å². The number of benzene rings is 1. The van der Waals surface area contributed by atoms with Gasteiger partial charge in [0, 0.05) is 24.2 Å². The van der Waals surface area contributed by atoms with E-state index in [0.29, 0.717) is 5.69 Å². The molecule has 2 aromatic rings. The maximum Gasteiger partial charge on any atom is 0.339 e. The average molecular weight is 242 g/mol. The van der Waals surface area contributed by atoms with E-state index in [4.69, 9.17) is 5.11 Å². The van der Waals surface area contributed by atoms with E-state index >= 15 is 0 Å². The van der Waals surface area contributed by atoms with E-state index in [-0.39, 0.29) is 11.3 Å². The van der Waals surface area contributed by atoms with Gasteiger partial charge in [-0.3, -0.25) is 9.98 Å². The molecule has 1 aromatic carbocycles. The fraction of sp³-hybridized carbons (Fsp3) is 0. The van der Waals surface area contributed by atoms with Crippen LogP contribution in [0.1, 0.15) is 15.9 Å². The van der Waals surface area contributed by atoms with E-state index in [9.17, 15) is 9.90 Å². The van der Waals surface area contributed by atoms with Crippen LogP contribution in [-0.2, 0) is 0 Å². The molecule has 1 aromatic heterocycles. The van der Waals surface area contributed by atoms with Crippen molar-refractivity contribution in [2.24, 2.45) is 4.99 Å². The molecule has 0 spiro atoms. The Bertz CT molecular complexity index is 594. The number of phenols is 1. The highest BCUT2D eigenvalue weighted by atomic mass is 16.4. The lowest BCUT2D eigenvalue weighted by Gasteiger charge is -2.00. The number of nitrogens with zero attached hydrogens (tertiary/aromatic N) is 2. The lowest BCUT2D eigenvalue weighted by atomic mass is 10.2. The van der Waals surface area contributed by atoms with Crippen LogP contribution in [0.2, 0.25) is 0 Å². The van der Waals surface area contributed by atoms with Gasteiger partial charge in [-0.15, -0.1) is 0 Å². The second-order valence-electron chi connectivity index (χ2n) is 3.55. The predicted octanol–water partition coefficient (Wildman–Crippen LogP) is 2.24. The topological polar surface area (TPSA) is 82.8 Å². The van der Waals surface area contributed by atoms with Gasteiger partial charge in [-0.1, -0.05) is 6.07 Å². The van der Waals surface area contributed by atoms with E-state index in [1.807, 2.05) is 6.07 Å². The predicted molar refractivity (Wildman–Crippen MR) is 66.6 cm³/mol. The summed E-state index contributed by atoms with van der Waals surface area (Å²) in [5.74, 6) is -1.46. The summed E-state index contributed by atoms with van der Waals surface area (Å²) in [6.45, 7) is 0. The zero-order valence-electron chi connectivity index (χ0n) is 9.32. The third-order valence-corrected chi connectivity index (χ3v) is 2.26. The molecule has 0 aliphatic carbocycles. The maximum atomic E-state index is 10.8. The van der Waals surface area contributed by atoms with Crippen molar-refractivity contribution in [3.05, 3.63) is 53.9 Å². The molecular weight excluding hydrogens is 232 g/mol. The van der Waals surface area contributed by atoms with Gasteiger partial charge in [0.05, 0.1) is 5.69 Å². The summed E-state index contributed by atoms with van der Waals surface area (Å²) in [5, 5.41) is 18.2. The Morgan fingerprint density at radius 1 is 1.33 bits per heavy atom. The summed E-state index contributed by atoms with van der Waals surface area (Å²) in [7, 11) is 0. The van der Waals surface area contributed by atoms with Gasteiger partial charge in [-0.2, -0.15) is 0 Å². The fourth-order valence-electron chi connectivity index (χ4n) is 1.38. The Morgan fingerprint density at radius 3 is 2.83 bits per heavy atom. The molecule has 0 saturated heterocycles. The number of hydrogen-bond donors (Lipinski definition) is 2. The standard InChI is InChI=1S/C13H10N2O3/c16-12-4-3-10(6-11(12)13(17)18)15-8-9-2-1-5-14-7-9/h1-8,16H,(H,17,18). The maximum absolute atomic E-state index is 10.8. The molecule has 0 atom stereocenters. The number of carbonyl (C=O) groups is 1. The van der Waals surface area contributed by atoms with Crippen molar-refractivity contribution in [3.8, 4) is 5.75 Å². The van der Waals surface area contributed by atoms with E-state index in [1.165, 1.54) is 18.2 Å². The van der Waals surface area contributed by atoms with Crippen LogP contribution in [-0.4, -0.2) is 27.4 Å². The van der Waals surface area contributed by atoms with Crippen LogP contribution in [0.4, 0.5) is 5.69 Å². The molecule has 90 valence electrons. The van der Waals surface area contributed by atoms with Crippen molar-refractivity contribution in [1.82, 2.24) is 4.98 Å². The smallest absolute Gasteiger partial charge is 0.339 e. The van der Waals surface area contributed by atoms with Gasteiger partial charge in [0.15, 0.2) is 0 Å². The van der Waals surface area contributed by atoms with Crippen molar-refractivity contribution < 1.29 is 15.0 Å². The summed E-state index contributed by atoms with van der Waals surface area (Å²) in [6.07, 6.45) is 4.87. The van der Waals surface area contributed by atoms with Gasteiger partial charge in [-0.25, -0.2) is 4.79 Å². The Morgan fingerprint density at radius 2 is 2.17 bits per heavy atom. The van der Waals surface area contributed by atoms with Crippen LogP contribution >= 0.6 is 0 Å². The van der Waals surface area contributed by atoms with Crippen molar-refractivity contribution in [2.45, 2.75) is 0 Å². The number of aromatic nitrogens is 1. The number of rotatable bonds is 3. The summed E-state index contributed by atoms with van der Waals surface area (Å²) in [6, 6.07) is 7.76. The van der Waals surface area contributed by atoms with Crippen LogP contribution in [0, 0.1) is 0 Å². The Balaban J connectivity index is 2.28. The molecule has 0 radical (unpaired) electrons. The lowest BCUT2D eigenvalue weighted by Crippen LogP contribution is -1.95. The van der Waals surface area contributed by atoms with Crippen LogP contribution in [0.15, 0.2) is 47.7 Å². The summed E-state index contributed by atoms with van der Waals surface area (Å²) in [5.41, 5.74) is 1.09. The number of aliphatic imine (C=N–C) groups is 1. The van der Waals surface area contributed by atoms with E-state index in [1.54, 1.807) is 24.7 Å². The largest absolute Gasteiger partial charge is 0.507 e. The van der Waals surface area contributed by atoms with Gasteiger partial charge < -0.3 is 10.2 Å². The Hall–Kier alpha value is -2.69. The molecule has 5 nitrogen and oxygen atoms in total. The van der Waals surface area contributed by atoms with Crippen LogP contribution in [0.5, 0.6) is 5.75 Å². The van der Waals surface area contributed by atoms with Crippen molar-refractivity contribution >= 4 is 17.9 Å². The van der Waals surface area contributed by atoms with Crippen LogP contribution in [0.3, 0.4) is 0 Å². The minimum Gasteiger partial charge on any atom is -0.507 e. The van der Waals surface area contributed by atoms with Crippen molar-refractivity contribution in [3.63, 3.8) is 0 Å². The number of hydrogen-bond acceptors (Lipinski definition) is 4. The summed E-state index contributed by atoms with van der Waals surface area (Å²) >= 11 is 0. The Kier molecular flexibility index (Phi) is 3.33. The highest BCUT2D eigenvalue weighted by Crippen LogP contribution is 2.23. The van der Waals surface area contributed by atoms with E-state index in [2.05, 4.69) is 9.98 Å².